The van der Waals surface area contributed by atoms with Gasteiger partial charge in [0.05, 0.1) is 23.9 Å². The number of hydrogen-bond donors (Lipinski definition) is 0. The van der Waals surface area contributed by atoms with Crippen LogP contribution in [0.5, 0.6) is 11.5 Å². The third kappa shape index (κ3) is 5.13. The number of aromatic nitrogens is 1. The van der Waals surface area contributed by atoms with E-state index in [4.69, 9.17) is 25.8 Å². The Morgan fingerprint density at radius 1 is 1.21 bits per heavy atom. The second kappa shape index (κ2) is 9.73. The fourth-order valence-corrected chi connectivity index (χ4v) is 3.97. The zero-order valence-corrected chi connectivity index (χ0v) is 17.3. The van der Waals surface area contributed by atoms with Crippen molar-refractivity contribution in [3.63, 3.8) is 0 Å². The number of halogens is 1. The number of carbonyl (C=O) groups is 1. The number of amides is 1. The molecular weight excluding hydrogens is 400 g/mol. The number of hydrogen-bond acceptors (Lipinski definition) is 5. The topological polar surface area (TPSA) is 62.1 Å². The van der Waals surface area contributed by atoms with Crippen LogP contribution in [0.25, 0.3) is 10.2 Å². The Morgan fingerprint density at radius 3 is 2.82 bits per heavy atom. The van der Waals surface area contributed by atoms with Gasteiger partial charge >= 0.3 is 0 Å². The molecule has 0 fully saturated rings. The monoisotopic (exact) mass is 420 g/mol. The lowest BCUT2D eigenvalue weighted by Gasteiger charge is -2.06. The first-order valence-electron chi connectivity index (χ1n) is 8.81. The van der Waals surface area contributed by atoms with Gasteiger partial charge in [0.2, 0.25) is 0 Å². The van der Waals surface area contributed by atoms with Gasteiger partial charge in [0.1, 0.15) is 11.5 Å². The maximum absolute atomic E-state index is 12.4. The van der Waals surface area contributed by atoms with E-state index in [-0.39, 0.29) is 12.5 Å². The second-order valence-corrected chi connectivity index (χ2v) is 7.26. The van der Waals surface area contributed by atoms with Gasteiger partial charge in [-0.1, -0.05) is 29.0 Å². The lowest BCUT2D eigenvalue weighted by molar-refractivity contribution is -0.120. The smallest absolute Gasteiger partial charge is 0.286 e. The molecule has 1 aromatic heterocycles. The molecule has 28 heavy (non-hydrogen) atoms. The van der Waals surface area contributed by atoms with Gasteiger partial charge in [-0.05, 0) is 37.3 Å². The summed E-state index contributed by atoms with van der Waals surface area (Å²) in [5.74, 6) is 0.845. The number of benzene rings is 2. The van der Waals surface area contributed by atoms with E-state index in [2.05, 4.69) is 4.99 Å². The summed E-state index contributed by atoms with van der Waals surface area (Å²) < 4.78 is 19.1. The molecule has 1 heterocycles. The van der Waals surface area contributed by atoms with Crippen molar-refractivity contribution in [1.82, 2.24) is 4.57 Å². The van der Waals surface area contributed by atoms with E-state index >= 15 is 0 Å². The van der Waals surface area contributed by atoms with Crippen LogP contribution in [-0.4, -0.2) is 37.4 Å². The molecule has 0 aliphatic carbocycles. The molecule has 0 bridgehead atoms. The molecule has 0 aliphatic rings. The Hall–Kier alpha value is -2.35. The molecule has 0 saturated carbocycles. The van der Waals surface area contributed by atoms with Crippen molar-refractivity contribution < 1.29 is 19.0 Å². The van der Waals surface area contributed by atoms with E-state index in [0.29, 0.717) is 41.1 Å². The van der Waals surface area contributed by atoms with E-state index < -0.39 is 0 Å². The molecule has 1 amide bonds. The highest BCUT2D eigenvalue weighted by Crippen LogP contribution is 2.22. The predicted molar refractivity (Wildman–Crippen MR) is 110 cm³/mol. The second-order valence-electron chi connectivity index (χ2n) is 5.82. The van der Waals surface area contributed by atoms with Crippen molar-refractivity contribution in [2.75, 3.05) is 26.9 Å². The number of fused-ring (bicyclic) bond motifs is 1. The summed E-state index contributed by atoms with van der Waals surface area (Å²) in [5, 5.41) is 0.643. The summed E-state index contributed by atoms with van der Waals surface area (Å²) >= 11 is 7.51. The lowest BCUT2D eigenvalue weighted by Crippen LogP contribution is -2.21. The van der Waals surface area contributed by atoms with Crippen molar-refractivity contribution in [2.45, 2.75) is 13.5 Å². The molecule has 6 nitrogen and oxygen atoms in total. The number of thiazole rings is 1. The Labute approximate surface area is 171 Å². The van der Waals surface area contributed by atoms with Crippen LogP contribution in [-0.2, 0) is 16.1 Å². The van der Waals surface area contributed by atoms with Gasteiger partial charge in [-0.15, -0.1) is 0 Å². The molecule has 0 N–H and O–H groups in total. The quantitative estimate of drug-likeness (QED) is 0.518. The molecule has 0 unspecified atom stereocenters. The Balaban J connectivity index is 1.82. The standard InChI is InChI=1S/C20H21ClN2O4S/c1-3-26-10-9-23-17-8-7-14(21)11-18(17)28-20(23)22-19(24)13-27-16-6-4-5-15(12-16)25-2/h4-8,11-12H,3,9-10,13H2,1-2H3. The summed E-state index contributed by atoms with van der Waals surface area (Å²) in [6, 6.07) is 12.7. The minimum absolute atomic E-state index is 0.159. The summed E-state index contributed by atoms with van der Waals surface area (Å²) in [4.78, 5) is 17.2. The molecule has 148 valence electrons. The van der Waals surface area contributed by atoms with Crippen molar-refractivity contribution >= 4 is 39.1 Å². The van der Waals surface area contributed by atoms with Crippen molar-refractivity contribution in [1.29, 1.82) is 0 Å². The zero-order valence-electron chi connectivity index (χ0n) is 15.7. The van der Waals surface area contributed by atoms with Gasteiger partial charge in [-0.2, -0.15) is 4.99 Å². The van der Waals surface area contributed by atoms with E-state index in [0.717, 1.165) is 10.2 Å². The third-order valence-electron chi connectivity index (χ3n) is 3.93. The number of nitrogens with zero attached hydrogens (tertiary/aromatic N) is 2. The minimum Gasteiger partial charge on any atom is -0.497 e. The Morgan fingerprint density at radius 2 is 2.04 bits per heavy atom. The lowest BCUT2D eigenvalue weighted by atomic mass is 10.3. The van der Waals surface area contributed by atoms with Gasteiger partial charge in [0.25, 0.3) is 5.91 Å². The fraction of sp³-hybridized carbons (Fsp3) is 0.300. The number of carbonyl (C=O) groups excluding carboxylic acids is 1. The van der Waals surface area contributed by atoms with Crippen molar-refractivity contribution in [2.24, 2.45) is 4.99 Å². The van der Waals surface area contributed by atoms with E-state index in [9.17, 15) is 4.79 Å². The molecule has 0 radical (unpaired) electrons. The Bertz CT molecular complexity index is 1030. The van der Waals surface area contributed by atoms with Gasteiger partial charge in [-0.3, -0.25) is 4.79 Å². The van der Waals surface area contributed by atoms with Crippen LogP contribution in [0, 0.1) is 0 Å². The van der Waals surface area contributed by atoms with Crippen LogP contribution >= 0.6 is 22.9 Å². The molecular formula is C20H21ClN2O4S. The van der Waals surface area contributed by atoms with Gasteiger partial charge in [0.15, 0.2) is 11.4 Å². The molecule has 0 spiro atoms. The summed E-state index contributed by atoms with van der Waals surface area (Å²) in [6.45, 7) is 3.55. The molecule has 0 atom stereocenters. The summed E-state index contributed by atoms with van der Waals surface area (Å²) in [5.41, 5.74) is 0.967. The van der Waals surface area contributed by atoms with E-state index in [1.54, 1.807) is 25.3 Å². The van der Waals surface area contributed by atoms with Crippen LogP contribution in [0.15, 0.2) is 47.5 Å². The number of rotatable bonds is 8. The third-order valence-corrected chi connectivity index (χ3v) is 5.21. The SMILES string of the molecule is CCOCCn1c(=NC(=O)COc2cccc(OC)c2)sc2cc(Cl)ccc21. The molecule has 3 rings (SSSR count). The molecule has 0 aliphatic heterocycles. The first kappa shape index (κ1) is 20.4. The fourth-order valence-electron chi connectivity index (χ4n) is 2.62. The zero-order chi connectivity index (χ0) is 19.9. The summed E-state index contributed by atoms with van der Waals surface area (Å²) in [6.07, 6.45) is 0. The maximum atomic E-state index is 12.4. The number of ether oxygens (including phenoxy) is 3. The van der Waals surface area contributed by atoms with Gasteiger partial charge in [0, 0.05) is 24.2 Å². The van der Waals surface area contributed by atoms with Crippen LogP contribution in [0.1, 0.15) is 6.92 Å². The van der Waals surface area contributed by atoms with Gasteiger partial charge < -0.3 is 18.8 Å². The minimum atomic E-state index is -0.370. The molecule has 2 aromatic carbocycles. The highest BCUT2D eigenvalue weighted by atomic mass is 35.5. The van der Waals surface area contributed by atoms with Crippen molar-refractivity contribution in [3.05, 3.63) is 52.3 Å². The van der Waals surface area contributed by atoms with E-state index in [1.165, 1.54) is 11.3 Å². The summed E-state index contributed by atoms with van der Waals surface area (Å²) in [7, 11) is 1.58. The molecule has 0 saturated heterocycles. The average Bonchev–Trinajstić information content (AvgIpc) is 3.03. The average molecular weight is 421 g/mol. The number of methoxy groups -OCH3 is 1. The first-order valence-corrected chi connectivity index (χ1v) is 10.0. The van der Waals surface area contributed by atoms with Crippen LogP contribution < -0.4 is 14.3 Å². The van der Waals surface area contributed by atoms with E-state index in [1.807, 2.05) is 35.8 Å². The van der Waals surface area contributed by atoms with Crippen LogP contribution in [0.3, 0.4) is 0 Å². The predicted octanol–water partition coefficient (Wildman–Crippen LogP) is 3.91. The maximum Gasteiger partial charge on any atom is 0.286 e. The Kier molecular flexibility index (Phi) is 7.08. The first-order chi connectivity index (χ1) is 13.6. The molecule has 3 aromatic rings. The highest BCUT2D eigenvalue weighted by Gasteiger charge is 2.09. The normalized spacial score (nSPS) is 11.8. The van der Waals surface area contributed by atoms with Gasteiger partial charge in [-0.25, -0.2) is 0 Å². The van der Waals surface area contributed by atoms with Crippen molar-refractivity contribution in [3.8, 4) is 11.5 Å². The molecule has 8 heteroatoms. The van der Waals surface area contributed by atoms with Crippen LogP contribution in [0.4, 0.5) is 0 Å². The highest BCUT2D eigenvalue weighted by molar-refractivity contribution is 7.16. The van der Waals surface area contributed by atoms with Crippen LogP contribution in [0.2, 0.25) is 5.02 Å². The largest absolute Gasteiger partial charge is 0.497 e.